The normalized spacial score (nSPS) is 11.0. The van der Waals surface area contributed by atoms with Crippen LogP contribution in [0.3, 0.4) is 0 Å². The van der Waals surface area contributed by atoms with Crippen molar-refractivity contribution >= 4 is 0 Å². The first-order valence-electron chi connectivity index (χ1n) is 19.8. The summed E-state index contributed by atoms with van der Waals surface area (Å²) in [6.07, 6.45) is 7.36. The zero-order valence-corrected chi connectivity index (χ0v) is 32.5. The SMILES string of the molecule is c1ccc(-c2nc(-c3ccccc3)nc(-c3cccc(-c4ccc(-c5cc(-c6ccc(-c7cccnc7)cc6)nc(-c6ccc(-c7cccnc7)cc6)c5)cc4)c3)n2)cc1. The largest absolute Gasteiger partial charge is 0.264 e. The van der Waals surface area contributed by atoms with E-state index in [2.05, 4.69) is 131 Å². The van der Waals surface area contributed by atoms with Crippen molar-refractivity contribution in [3.05, 3.63) is 219 Å². The molecule has 0 spiro atoms. The smallest absolute Gasteiger partial charge is 0.164 e. The van der Waals surface area contributed by atoms with E-state index in [4.69, 9.17) is 19.9 Å². The van der Waals surface area contributed by atoms with E-state index in [1.54, 1.807) is 12.4 Å². The Morgan fingerprint density at radius 2 is 0.583 bits per heavy atom. The maximum absolute atomic E-state index is 5.22. The van der Waals surface area contributed by atoms with Crippen LogP contribution in [0.1, 0.15) is 0 Å². The molecule has 0 amide bonds. The van der Waals surface area contributed by atoms with Gasteiger partial charge in [0, 0.05) is 52.6 Å². The fourth-order valence-corrected chi connectivity index (χ4v) is 7.36. The van der Waals surface area contributed by atoms with Gasteiger partial charge in [-0.25, -0.2) is 19.9 Å². The monoisotopic (exact) mass is 768 g/mol. The highest BCUT2D eigenvalue weighted by Crippen LogP contribution is 2.34. The van der Waals surface area contributed by atoms with Crippen molar-refractivity contribution in [2.24, 2.45) is 0 Å². The predicted octanol–water partition coefficient (Wildman–Crippen LogP) is 13.1. The first-order valence-corrected chi connectivity index (χ1v) is 19.8. The van der Waals surface area contributed by atoms with E-state index in [9.17, 15) is 0 Å². The van der Waals surface area contributed by atoms with Gasteiger partial charge in [-0.15, -0.1) is 0 Å². The van der Waals surface area contributed by atoms with Gasteiger partial charge in [-0.1, -0.05) is 164 Å². The summed E-state index contributed by atoms with van der Waals surface area (Å²) in [5.41, 5.74) is 15.4. The lowest BCUT2D eigenvalue weighted by molar-refractivity contribution is 1.07. The number of hydrogen-bond donors (Lipinski definition) is 0. The molecule has 0 unspecified atom stereocenters. The van der Waals surface area contributed by atoms with E-state index < -0.39 is 0 Å². The van der Waals surface area contributed by atoms with Crippen molar-refractivity contribution in [3.63, 3.8) is 0 Å². The minimum absolute atomic E-state index is 0.625. The molecule has 6 heteroatoms. The van der Waals surface area contributed by atoms with Gasteiger partial charge in [0.25, 0.3) is 0 Å². The van der Waals surface area contributed by atoms with Gasteiger partial charge in [0.1, 0.15) is 0 Å². The molecule has 0 radical (unpaired) electrons. The molecule has 0 atom stereocenters. The highest BCUT2D eigenvalue weighted by Gasteiger charge is 2.14. The van der Waals surface area contributed by atoms with Crippen molar-refractivity contribution in [1.29, 1.82) is 0 Å². The topological polar surface area (TPSA) is 77.3 Å². The summed E-state index contributed by atoms with van der Waals surface area (Å²) in [5, 5.41) is 0. The lowest BCUT2D eigenvalue weighted by Crippen LogP contribution is -2.00. The summed E-state index contributed by atoms with van der Waals surface area (Å²) in [7, 11) is 0. The van der Waals surface area contributed by atoms with Crippen LogP contribution in [0, 0.1) is 0 Å². The number of rotatable bonds is 9. The Morgan fingerprint density at radius 1 is 0.217 bits per heavy atom. The maximum atomic E-state index is 5.22. The molecule has 282 valence electrons. The van der Waals surface area contributed by atoms with Crippen molar-refractivity contribution in [2.45, 2.75) is 0 Å². The molecular formula is C54H36N6. The second-order valence-corrected chi connectivity index (χ2v) is 14.5. The molecule has 10 rings (SSSR count). The average Bonchev–Trinajstić information content (AvgIpc) is 3.35. The Hall–Kier alpha value is -8.22. The third kappa shape index (κ3) is 7.73. The summed E-state index contributed by atoms with van der Waals surface area (Å²) in [4.78, 5) is 28.6. The van der Waals surface area contributed by atoms with Crippen LogP contribution in [-0.4, -0.2) is 29.9 Å². The van der Waals surface area contributed by atoms with Gasteiger partial charge in [0.15, 0.2) is 17.5 Å². The second kappa shape index (κ2) is 16.3. The first kappa shape index (κ1) is 36.1. The van der Waals surface area contributed by atoms with E-state index in [1.807, 2.05) is 85.2 Å². The lowest BCUT2D eigenvalue weighted by atomic mass is 9.96. The fraction of sp³-hybridized carbons (Fsp3) is 0. The Balaban J connectivity index is 0.999. The summed E-state index contributed by atoms with van der Waals surface area (Å²) in [6, 6.07) is 66.7. The summed E-state index contributed by atoms with van der Waals surface area (Å²) in [5.74, 6) is 1.90. The van der Waals surface area contributed by atoms with Crippen LogP contribution in [0.5, 0.6) is 0 Å². The van der Waals surface area contributed by atoms with Gasteiger partial charge in [0.05, 0.1) is 11.4 Å². The number of benzene rings is 6. The van der Waals surface area contributed by atoms with Crippen LogP contribution in [0.25, 0.3) is 101 Å². The number of pyridine rings is 3. The molecule has 6 nitrogen and oxygen atoms in total. The Kier molecular flexibility index (Phi) is 9.84. The molecule has 4 heterocycles. The fourth-order valence-electron chi connectivity index (χ4n) is 7.36. The van der Waals surface area contributed by atoms with Crippen LogP contribution in [0.15, 0.2) is 219 Å². The molecule has 10 aromatic rings. The van der Waals surface area contributed by atoms with Crippen LogP contribution in [-0.2, 0) is 0 Å². The summed E-state index contributed by atoms with van der Waals surface area (Å²) < 4.78 is 0. The van der Waals surface area contributed by atoms with Crippen LogP contribution in [0.4, 0.5) is 0 Å². The molecule has 0 saturated carbocycles. The molecule has 4 aromatic heterocycles. The van der Waals surface area contributed by atoms with Gasteiger partial charge in [-0.2, -0.15) is 0 Å². The van der Waals surface area contributed by atoms with Crippen LogP contribution >= 0.6 is 0 Å². The van der Waals surface area contributed by atoms with Gasteiger partial charge in [-0.05, 0) is 74.8 Å². The van der Waals surface area contributed by atoms with E-state index in [-0.39, 0.29) is 0 Å². The Labute approximate surface area is 348 Å². The molecule has 0 N–H and O–H groups in total. The first-order chi connectivity index (χ1) is 29.7. The highest BCUT2D eigenvalue weighted by molar-refractivity contribution is 5.80. The molecular weight excluding hydrogens is 733 g/mol. The van der Waals surface area contributed by atoms with Crippen molar-refractivity contribution < 1.29 is 0 Å². The second-order valence-electron chi connectivity index (χ2n) is 14.5. The minimum Gasteiger partial charge on any atom is -0.264 e. The zero-order valence-electron chi connectivity index (χ0n) is 32.5. The Morgan fingerprint density at radius 3 is 1.03 bits per heavy atom. The van der Waals surface area contributed by atoms with E-state index in [0.29, 0.717) is 17.5 Å². The number of aromatic nitrogens is 6. The summed E-state index contributed by atoms with van der Waals surface area (Å²) >= 11 is 0. The van der Waals surface area contributed by atoms with Gasteiger partial charge in [0.2, 0.25) is 0 Å². The molecule has 60 heavy (non-hydrogen) atoms. The minimum atomic E-state index is 0.625. The van der Waals surface area contributed by atoms with Gasteiger partial charge >= 0.3 is 0 Å². The Bertz CT molecular complexity index is 2870. The standard InChI is InChI=1S/C54H36N6/c1-3-10-43(11-4-1)52-58-53(44-12-5-2-6-13-44)60-54(59-52)46-15-7-14-45(32-46)37-18-20-40(21-19-37)49-33-50(41-26-22-38(23-27-41)47-16-8-30-55-35-47)57-51(34-49)42-28-24-39(25-29-42)48-17-9-31-56-36-48/h1-36H. The highest BCUT2D eigenvalue weighted by atomic mass is 15.0. The van der Waals surface area contributed by atoms with Crippen LogP contribution < -0.4 is 0 Å². The predicted molar refractivity (Wildman–Crippen MR) is 242 cm³/mol. The molecule has 0 bridgehead atoms. The van der Waals surface area contributed by atoms with E-state index >= 15 is 0 Å². The van der Waals surface area contributed by atoms with Gasteiger partial charge in [-0.3, -0.25) is 9.97 Å². The van der Waals surface area contributed by atoms with Crippen LogP contribution in [0.2, 0.25) is 0 Å². The van der Waals surface area contributed by atoms with E-state index in [0.717, 1.165) is 83.7 Å². The number of hydrogen-bond acceptors (Lipinski definition) is 6. The third-order valence-corrected chi connectivity index (χ3v) is 10.5. The molecule has 0 aliphatic rings. The average molecular weight is 769 g/mol. The zero-order chi connectivity index (χ0) is 40.1. The van der Waals surface area contributed by atoms with Crippen molar-refractivity contribution in [1.82, 2.24) is 29.9 Å². The summed E-state index contributed by atoms with van der Waals surface area (Å²) in [6.45, 7) is 0. The maximum Gasteiger partial charge on any atom is 0.164 e. The molecule has 0 aliphatic carbocycles. The third-order valence-electron chi connectivity index (χ3n) is 10.5. The van der Waals surface area contributed by atoms with E-state index in [1.165, 1.54) is 0 Å². The quantitative estimate of drug-likeness (QED) is 0.145. The lowest BCUT2D eigenvalue weighted by Gasteiger charge is -2.12. The van der Waals surface area contributed by atoms with Crippen molar-refractivity contribution in [3.8, 4) is 101 Å². The number of nitrogens with zero attached hydrogens (tertiary/aromatic N) is 6. The van der Waals surface area contributed by atoms with Crippen molar-refractivity contribution in [2.75, 3.05) is 0 Å². The van der Waals surface area contributed by atoms with Gasteiger partial charge < -0.3 is 0 Å². The molecule has 6 aromatic carbocycles. The molecule has 0 aliphatic heterocycles. The molecule has 0 saturated heterocycles. The molecule has 0 fully saturated rings.